The van der Waals surface area contributed by atoms with Crippen molar-refractivity contribution in [2.24, 2.45) is 0 Å². The Balaban J connectivity index is 2.43. The van der Waals surface area contributed by atoms with E-state index in [1.165, 1.54) is 0 Å². The van der Waals surface area contributed by atoms with Crippen LogP contribution in [0.15, 0.2) is 12.1 Å². The van der Waals surface area contributed by atoms with Gasteiger partial charge in [-0.15, -0.1) is 0 Å². The first-order valence-corrected chi connectivity index (χ1v) is 5.06. The van der Waals surface area contributed by atoms with Crippen LogP contribution >= 0.6 is 11.6 Å². The molecule has 1 aromatic carbocycles. The zero-order chi connectivity index (χ0) is 10.8. The first kappa shape index (κ1) is 10.5. The highest BCUT2D eigenvalue weighted by atomic mass is 35.5. The Kier molecular flexibility index (Phi) is 2.93. The van der Waals surface area contributed by atoms with Gasteiger partial charge in [-0.1, -0.05) is 11.6 Å². The summed E-state index contributed by atoms with van der Waals surface area (Å²) in [6.45, 7) is 2.27. The third-order valence-corrected chi connectivity index (χ3v) is 2.41. The summed E-state index contributed by atoms with van der Waals surface area (Å²) in [5.41, 5.74) is 1.75. The summed E-state index contributed by atoms with van der Waals surface area (Å²) in [5.74, 6) is 0.843. The summed E-state index contributed by atoms with van der Waals surface area (Å²) in [6.07, 6.45) is 0.350. The lowest BCUT2D eigenvalue weighted by atomic mass is 10.0. The molecule has 1 aliphatic heterocycles. The summed E-state index contributed by atoms with van der Waals surface area (Å²) in [5, 5.41) is 0.610. The Morgan fingerprint density at radius 3 is 3.07 bits per heavy atom. The minimum Gasteiger partial charge on any atom is -0.467 e. The molecule has 0 fully saturated rings. The Bertz CT molecular complexity index is 401. The zero-order valence-electron chi connectivity index (χ0n) is 8.38. The lowest BCUT2D eigenvalue weighted by Crippen LogP contribution is -2.14. The number of benzene rings is 1. The highest BCUT2D eigenvalue weighted by Gasteiger charge is 2.16. The van der Waals surface area contributed by atoms with E-state index in [0.29, 0.717) is 18.1 Å². The van der Waals surface area contributed by atoms with Gasteiger partial charge in [0.1, 0.15) is 11.5 Å². The molecule has 80 valence electrons. The molecule has 0 amide bonds. The number of rotatable bonds is 2. The topological polar surface area (TPSA) is 35.5 Å². The molecule has 0 saturated carbocycles. The molecule has 0 saturated heterocycles. The largest absolute Gasteiger partial charge is 0.467 e. The van der Waals surface area contributed by atoms with Gasteiger partial charge in [-0.05, 0) is 19.1 Å². The van der Waals surface area contributed by atoms with Gasteiger partial charge in [0.05, 0.1) is 6.61 Å². The molecule has 0 atom stereocenters. The van der Waals surface area contributed by atoms with E-state index >= 15 is 0 Å². The summed E-state index contributed by atoms with van der Waals surface area (Å²) in [6, 6.07) is 3.58. The van der Waals surface area contributed by atoms with Crippen LogP contribution in [0.3, 0.4) is 0 Å². The molecule has 0 aromatic heterocycles. The van der Waals surface area contributed by atoms with Crippen LogP contribution in [-0.2, 0) is 22.6 Å². The van der Waals surface area contributed by atoms with Crippen molar-refractivity contribution in [3.8, 4) is 5.75 Å². The van der Waals surface area contributed by atoms with Gasteiger partial charge in [-0.25, -0.2) is 0 Å². The van der Waals surface area contributed by atoms with Gasteiger partial charge in [0.2, 0.25) is 0 Å². The Labute approximate surface area is 92.9 Å². The predicted molar refractivity (Wildman–Crippen MR) is 56.1 cm³/mol. The van der Waals surface area contributed by atoms with E-state index in [0.717, 1.165) is 16.9 Å². The first-order valence-electron chi connectivity index (χ1n) is 4.68. The van der Waals surface area contributed by atoms with Gasteiger partial charge in [0, 0.05) is 22.6 Å². The molecule has 1 aliphatic rings. The molecule has 0 radical (unpaired) electrons. The molecule has 0 unspecified atom stereocenters. The molecule has 1 aromatic rings. The van der Waals surface area contributed by atoms with Crippen LogP contribution in [0.5, 0.6) is 5.75 Å². The number of carbonyl (C=O) groups is 1. The molecular formula is C11H11ClO3. The quantitative estimate of drug-likeness (QED) is 0.777. The van der Waals surface area contributed by atoms with Crippen LogP contribution in [0.2, 0.25) is 5.02 Å². The standard InChI is InChI=1S/C11H11ClO3/c1-7(13)2-8-3-10(12)4-9-5-14-6-15-11(8)9/h3-4H,2,5-6H2,1H3. The Hall–Kier alpha value is -1.06. The number of carbonyl (C=O) groups excluding carboxylic acids is 1. The van der Waals surface area contributed by atoms with Gasteiger partial charge in [-0.3, -0.25) is 4.79 Å². The van der Waals surface area contributed by atoms with Crippen molar-refractivity contribution in [3.05, 3.63) is 28.3 Å². The van der Waals surface area contributed by atoms with Crippen LogP contribution in [0.25, 0.3) is 0 Å². The molecule has 0 N–H and O–H groups in total. The van der Waals surface area contributed by atoms with E-state index in [2.05, 4.69) is 0 Å². The van der Waals surface area contributed by atoms with E-state index in [9.17, 15) is 4.79 Å². The lowest BCUT2D eigenvalue weighted by molar-refractivity contribution is -0.116. The summed E-state index contributed by atoms with van der Waals surface area (Å²) in [7, 11) is 0. The number of hydrogen-bond acceptors (Lipinski definition) is 3. The fraction of sp³-hybridized carbons (Fsp3) is 0.364. The molecule has 3 nitrogen and oxygen atoms in total. The average Bonchev–Trinajstić information content (AvgIpc) is 2.16. The van der Waals surface area contributed by atoms with Crippen molar-refractivity contribution in [2.45, 2.75) is 20.0 Å². The minimum atomic E-state index is 0.0922. The molecule has 0 aliphatic carbocycles. The highest BCUT2D eigenvalue weighted by molar-refractivity contribution is 6.30. The SMILES string of the molecule is CC(=O)Cc1cc(Cl)cc2c1OCOC2. The van der Waals surface area contributed by atoms with Crippen LogP contribution in [-0.4, -0.2) is 12.6 Å². The van der Waals surface area contributed by atoms with Gasteiger partial charge in [0.15, 0.2) is 6.79 Å². The Morgan fingerprint density at radius 2 is 2.33 bits per heavy atom. The van der Waals surface area contributed by atoms with Crippen molar-refractivity contribution in [1.82, 2.24) is 0 Å². The second kappa shape index (κ2) is 4.21. The molecule has 2 rings (SSSR count). The smallest absolute Gasteiger partial charge is 0.189 e. The van der Waals surface area contributed by atoms with Crippen molar-refractivity contribution >= 4 is 17.4 Å². The average molecular weight is 227 g/mol. The van der Waals surface area contributed by atoms with Gasteiger partial charge >= 0.3 is 0 Å². The summed E-state index contributed by atoms with van der Waals surface area (Å²) in [4.78, 5) is 11.1. The maximum absolute atomic E-state index is 11.1. The number of halogens is 1. The van der Waals surface area contributed by atoms with Crippen LogP contribution in [0, 0.1) is 0 Å². The minimum absolute atomic E-state index is 0.0922. The number of hydrogen-bond donors (Lipinski definition) is 0. The second-order valence-corrected chi connectivity index (χ2v) is 3.98. The van der Waals surface area contributed by atoms with Crippen molar-refractivity contribution in [2.75, 3.05) is 6.79 Å². The zero-order valence-corrected chi connectivity index (χ0v) is 9.13. The van der Waals surface area contributed by atoms with Crippen LogP contribution < -0.4 is 4.74 Å². The normalized spacial score (nSPS) is 14.3. The van der Waals surface area contributed by atoms with E-state index in [4.69, 9.17) is 21.1 Å². The third-order valence-electron chi connectivity index (χ3n) is 2.19. The van der Waals surface area contributed by atoms with Crippen LogP contribution in [0.1, 0.15) is 18.1 Å². The fourth-order valence-corrected chi connectivity index (χ4v) is 1.92. The van der Waals surface area contributed by atoms with Crippen molar-refractivity contribution in [3.63, 3.8) is 0 Å². The van der Waals surface area contributed by atoms with Crippen molar-refractivity contribution in [1.29, 1.82) is 0 Å². The van der Waals surface area contributed by atoms with Gasteiger partial charge in [0.25, 0.3) is 0 Å². The number of fused-ring (bicyclic) bond motifs is 1. The number of ketones is 1. The molecule has 0 bridgehead atoms. The molecule has 1 heterocycles. The van der Waals surface area contributed by atoms with E-state index in [-0.39, 0.29) is 12.6 Å². The summed E-state index contributed by atoms with van der Waals surface area (Å²) >= 11 is 5.94. The number of Topliss-reactive ketones (excluding diaryl/α,β-unsaturated/α-hetero) is 1. The molecule has 4 heteroatoms. The highest BCUT2D eigenvalue weighted by Crippen LogP contribution is 2.31. The summed E-state index contributed by atoms with van der Waals surface area (Å²) < 4.78 is 10.5. The van der Waals surface area contributed by atoms with Gasteiger partial charge < -0.3 is 9.47 Å². The monoisotopic (exact) mass is 226 g/mol. The second-order valence-electron chi connectivity index (χ2n) is 3.54. The molecular weight excluding hydrogens is 216 g/mol. The van der Waals surface area contributed by atoms with E-state index in [1.807, 2.05) is 0 Å². The van der Waals surface area contributed by atoms with E-state index < -0.39 is 0 Å². The van der Waals surface area contributed by atoms with Crippen LogP contribution in [0.4, 0.5) is 0 Å². The molecule has 0 spiro atoms. The molecule has 15 heavy (non-hydrogen) atoms. The fourth-order valence-electron chi connectivity index (χ4n) is 1.66. The maximum Gasteiger partial charge on any atom is 0.189 e. The van der Waals surface area contributed by atoms with Crippen molar-refractivity contribution < 1.29 is 14.3 Å². The van der Waals surface area contributed by atoms with E-state index in [1.54, 1.807) is 19.1 Å². The maximum atomic E-state index is 11.1. The van der Waals surface area contributed by atoms with Gasteiger partial charge in [-0.2, -0.15) is 0 Å². The predicted octanol–water partition coefficient (Wildman–Crippen LogP) is 2.34. The third kappa shape index (κ3) is 2.30. The Morgan fingerprint density at radius 1 is 1.53 bits per heavy atom. The lowest BCUT2D eigenvalue weighted by Gasteiger charge is -2.20. The number of ether oxygens (including phenoxy) is 2. The first-order chi connectivity index (χ1) is 7.16.